The highest BCUT2D eigenvalue weighted by Gasteiger charge is 2.22. The molecule has 6 heteroatoms. The van der Waals surface area contributed by atoms with Crippen LogP contribution in [0.15, 0.2) is 43.0 Å². The fourth-order valence-corrected chi connectivity index (χ4v) is 3.22. The van der Waals surface area contributed by atoms with Gasteiger partial charge in [-0.25, -0.2) is 9.97 Å². The van der Waals surface area contributed by atoms with Crippen molar-refractivity contribution in [1.29, 1.82) is 0 Å². The number of rotatable bonds is 2. The molecule has 4 rings (SSSR count). The largest absolute Gasteiger partial charge is 0.504 e. The first kappa shape index (κ1) is 16.3. The summed E-state index contributed by atoms with van der Waals surface area (Å²) < 4.78 is 5.84. The number of hydrogen-bond acceptors (Lipinski definition) is 6. The topological polar surface area (TPSA) is 71.4 Å². The van der Waals surface area contributed by atoms with Crippen molar-refractivity contribution >= 4 is 5.82 Å². The Morgan fingerprint density at radius 1 is 1.15 bits per heavy atom. The van der Waals surface area contributed by atoms with Crippen molar-refractivity contribution in [2.24, 2.45) is 0 Å². The van der Waals surface area contributed by atoms with Crippen molar-refractivity contribution in [2.75, 3.05) is 18.1 Å². The van der Waals surface area contributed by atoms with Crippen molar-refractivity contribution in [2.45, 2.75) is 20.4 Å². The lowest BCUT2D eigenvalue weighted by Gasteiger charge is -2.23. The van der Waals surface area contributed by atoms with Gasteiger partial charge in [-0.2, -0.15) is 0 Å². The van der Waals surface area contributed by atoms with Gasteiger partial charge in [0.1, 0.15) is 18.8 Å². The van der Waals surface area contributed by atoms with Gasteiger partial charge in [0.2, 0.25) is 0 Å². The molecular formula is C20H20N4O2. The Balaban J connectivity index is 1.76. The number of anilines is 1. The average molecular weight is 348 g/mol. The van der Waals surface area contributed by atoms with Crippen molar-refractivity contribution < 1.29 is 9.84 Å². The average Bonchev–Trinajstić information content (AvgIpc) is 2.87. The van der Waals surface area contributed by atoms with E-state index in [1.165, 1.54) is 0 Å². The standard InChI is InChI=1S/C20H20N4O2/c1-13-14(2)22-12-23-20(13)24-6-7-26-19-17(11-24)8-16(9-18(19)25)15-4-3-5-21-10-15/h3-5,8-10,12,25H,6-7,11H2,1-2H3. The van der Waals surface area contributed by atoms with Crippen LogP contribution < -0.4 is 9.64 Å². The third-order valence-electron chi connectivity index (χ3n) is 4.72. The summed E-state index contributed by atoms with van der Waals surface area (Å²) in [5.74, 6) is 1.60. The molecule has 0 fully saturated rings. The van der Waals surface area contributed by atoms with Gasteiger partial charge in [0.25, 0.3) is 0 Å². The van der Waals surface area contributed by atoms with Crippen LogP contribution in [0.1, 0.15) is 16.8 Å². The molecule has 0 saturated carbocycles. The number of aryl methyl sites for hydroxylation is 1. The zero-order valence-electron chi connectivity index (χ0n) is 14.8. The minimum Gasteiger partial charge on any atom is -0.504 e. The molecule has 1 aliphatic heterocycles. The van der Waals surface area contributed by atoms with E-state index < -0.39 is 0 Å². The Kier molecular flexibility index (Phi) is 4.16. The molecule has 0 saturated heterocycles. The maximum Gasteiger partial charge on any atom is 0.166 e. The fourth-order valence-electron chi connectivity index (χ4n) is 3.22. The summed E-state index contributed by atoms with van der Waals surface area (Å²) in [6.45, 7) is 5.78. The second-order valence-electron chi connectivity index (χ2n) is 6.40. The molecule has 0 aliphatic carbocycles. The number of pyridine rings is 1. The highest BCUT2D eigenvalue weighted by molar-refractivity contribution is 5.69. The van der Waals surface area contributed by atoms with Crippen LogP contribution in [0.25, 0.3) is 11.1 Å². The number of aromatic hydroxyl groups is 1. The molecule has 1 N–H and O–H groups in total. The number of nitrogens with zero attached hydrogens (tertiary/aromatic N) is 4. The summed E-state index contributed by atoms with van der Waals surface area (Å²) in [5, 5.41) is 10.5. The molecule has 0 bridgehead atoms. The number of hydrogen-bond donors (Lipinski definition) is 1. The fraction of sp³-hybridized carbons (Fsp3) is 0.250. The van der Waals surface area contributed by atoms with E-state index in [1.807, 2.05) is 32.0 Å². The first-order valence-electron chi connectivity index (χ1n) is 8.55. The van der Waals surface area contributed by atoms with E-state index in [1.54, 1.807) is 24.8 Å². The van der Waals surface area contributed by atoms with Gasteiger partial charge in [-0.05, 0) is 37.6 Å². The molecule has 0 atom stereocenters. The Bertz CT molecular complexity index is 944. The maximum absolute atomic E-state index is 10.5. The summed E-state index contributed by atoms with van der Waals surface area (Å²) in [6, 6.07) is 7.63. The van der Waals surface area contributed by atoms with Gasteiger partial charge in [0.05, 0.1) is 6.54 Å². The predicted molar refractivity (Wildman–Crippen MR) is 99.4 cm³/mol. The summed E-state index contributed by atoms with van der Waals surface area (Å²) in [5.41, 5.74) is 4.82. The number of benzene rings is 1. The lowest BCUT2D eigenvalue weighted by Crippen LogP contribution is -2.27. The molecule has 0 radical (unpaired) electrons. The molecular weight excluding hydrogens is 328 g/mol. The van der Waals surface area contributed by atoms with E-state index in [2.05, 4.69) is 19.9 Å². The van der Waals surface area contributed by atoms with E-state index >= 15 is 0 Å². The first-order valence-corrected chi connectivity index (χ1v) is 8.55. The van der Waals surface area contributed by atoms with Crippen LogP contribution in [-0.4, -0.2) is 33.2 Å². The summed E-state index contributed by atoms with van der Waals surface area (Å²) in [6.07, 6.45) is 5.11. The van der Waals surface area contributed by atoms with Crippen LogP contribution in [0.5, 0.6) is 11.5 Å². The summed E-state index contributed by atoms with van der Waals surface area (Å²) in [4.78, 5) is 15.1. The smallest absolute Gasteiger partial charge is 0.166 e. The van der Waals surface area contributed by atoms with Gasteiger partial charge in [0, 0.05) is 41.3 Å². The van der Waals surface area contributed by atoms with Crippen molar-refractivity contribution in [1.82, 2.24) is 15.0 Å². The Labute approximate surface area is 152 Å². The lowest BCUT2D eigenvalue weighted by molar-refractivity contribution is 0.311. The first-order chi connectivity index (χ1) is 12.6. The monoisotopic (exact) mass is 348 g/mol. The zero-order chi connectivity index (χ0) is 18.1. The van der Waals surface area contributed by atoms with Gasteiger partial charge in [-0.3, -0.25) is 4.98 Å². The van der Waals surface area contributed by atoms with Gasteiger partial charge in [-0.15, -0.1) is 0 Å². The summed E-state index contributed by atoms with van der Waals surface area (Å²) in [7, 11) is 0. The molecule has 1 aliphatic rings. The van der Waals surface area contributed by atoms with Crippen LogP contribution in [0.2, 0.25) is 0 Å². The number of aromatic nitrogens is 3. The van der Waals surface area contributed by atoms with Crippen LogP contribution in [-0.2, 0) is 6.54 Å². The van der Waals surface area contributed by atoms with Gasteiger partial charge in [-0.1, -0.05) is 6.07 Å². The molecule has 3 heterocycles. The van der Waals surface area contributed by atoms with E-state index in [0.717, 1.165) is 33.8 Å². The number of phenolic OH excluding ortho intramolecular Hbond substituents is 1. The summed E-state index contributed by atoms with van der Waals surface area (Å²) >= 11 is 0. The van der Waals surface area contributed by atoms with E-state index in [0.29, 0.717) is 25.4 Å². The van der Waals surface area contributed by atoms with Gasteiger partial charge in [0.15, 0.2) is 11.5 Å². The van der Waals surface area contributed by atoms with Crippen molar-refractivity contribution in [3.63, 3.8) is 0 Å². The molecule has 2 aromatic heterocycles. The highest BCUT2D eigenvalue weighted by Crippen LogP contribution is 2.38. The third-order valence-corrected chi connectivity index (χ3v) is 4.72. The van der Waals surface area contributed by atoms with Crippen molar-refractivity contribution in [3.8, 4) is 22.6 Å². The van der Waals surface area contributed by atoms with Gasteiger partial charge >= 0.3 is 0 Å². The normalized spacial score (nSPS) is 13.7. The Morgan fingerprint density at radius 2 is 2.04 bits per heavy atom. The SMILES string of the molecule is Cc1ncnc(N2CCOc3c(O)cc(-c4cccnc4)cc3C2)c1C. The van der Waals surface area contributed by atoms with Crippen LogP contribution in [0.4, 0.5) is 5.82 Å². The number of fused-ring (bicyclic) bond motifs is 1. The maximum atomic E-state index is 10.5. The van der Waals surface area contributed by atoms with Crippen LogP contribution in [0.3, 0.4) is 0 Å². The number of phenols is 1. The molecule has 3 aromatic rings. The number of ether oxygens (including phenoxy) is 1. The molecule has 132 valence electrons. The lowest BCUT2D eigenvalue weighted by atomic mass is 10.0. The third kappa shape index (κ3) is 2.94. The molecule has 0 amide bonds. The van der Waals surface area contributed by atoms with Crippen LogP contribution >= 0.6 is 0 Å². The Hall–Kier alpha value is -3.15. The van der Waals surface area contributed by atoms with E-state index in [4.69, 9.17) is 4.74 Å². The second-order valence-corrected chi connectivity index (χ2v) is 6.40. The Morgan fingerprint density at radius 3 is 2.85 bits per heavy atom. The molecule has 6 nitrogen and oxygen atoms in total. The minimum absolute atomic E-state index is 0.152. The van der Waals surface area contributed by atoms with Crippen molar-refractivity contribution in [3.05, 3.63) is 59.8 Å². The molecule has 1 aromatic carbocycles. The highest BCUT2D eigenvalue weighted by atomic mass is 16.5. The molecule has 26 heavy (non-hydrogen) atoms. The second kappa shape index (κ2) is 6.63. The van der Waals surface area contributed by atoms with E-state index in [9.17, 15) is 5.11 Å². The van der Waals surface area contributed by atoms with Crippen LogP contribution in [0, 0.1) is 13.8 Å². The van der Waals surface area contributed by atoms with E-state index in [-0.39, 0.29) is 5.75 Å². The molecule has 0 unspecified atom stereocenters. The quantitative estimate of drug-likeness (QED) is 0.766. The minimum atomic E-state index is 0.152. The van der Waals surface area contributed by atoms with Gasteiger partial charge < -0.3 is 14.7 Å². The zero-order valence-corrected chi connectivity index (χ0v) is 14.8. The predicted octanol–water partition coefficient (Wildman–Crippen LogP) is 3.26. The molecule has 0 spiro atoms.